The molecule has 1 amide bonds. The molecule has 1 aromatic carbocycles. The predicted molar refractivity (Wildman–Crippen MR) is 77.3 cm³/mol. The monoisotopic (exact) mass is 269 g/mol. The SMILES string of the molecule is CN(C(=O)CCc1ccco1)C1CCc2ccccc21. The van der Waals surface area contributed by atoms with Crippen molar-refractivity contribution in [2.24, 2.45) is 0 Å². The number of amides is 1. The van der Waals surface area contributed by atoms with Gasteiger partial charge in [-0.05, 0) is 36.1 Å². The first-order chi connectivity index (χ1) is 9.75. The average molecular weight is 269 g/mol. The van der Waals surface area contributed by atoms with E-state index in [1.54, 1.807) is 6.26 Å². The highest BCUT2D eigenvalue weighted by Gasteiger charge is 2.27. The highest BCUT2D eigenvalue weighted by atomic mass is 16.3. The third kappa shape index (κ3) is 2.48. The number of nitrogens with zero attached hydrogens (tertiary/aromatic N) is 1. The first kappa shape index (κ1) is 13.0. The van der Waals surface area contributed by atoms with Gasteiger partial charge in [-0.2, -0.15) is 0 Å². The summed E-state index contributed by atoms with van der Waals surface area (Å²) < 4.78 is 5.27. The Kier molecular flexibility index (Phi) is 3.59. The second kappa shape index (κ2) is 5.53. The third-order valence-electron chi connectivity index (χ3n) is 4.13. The molecule has 1 aromatic heterocycles. The lowest BCUT2D eigenvalue weighted by Gasteiger charge is -2.25. The van der Waals surface area contributed by atoms with Crippen molar-refractivity contribution in [3.8, 4) is 0 Å². The fourth-order valence-corrected chi connectivity index (χ4v) is 2.97. The molecule has 20 heavy (non-hydrogen) atoms. The van der Waals surface area contributed by atoms with Crippen LogP contribution in [0.4, 0.5) is 0 Å². The summed E-state index contributed by atoms with van der Waals surface area (Å²) in [6.07, 6.45) is 4.92. The van der Waals surface area contributed by atoms with Crippen LogP contribution in [0.2, 0.25) is 0 Å². The van der Waals surface area contributed by atoms with Crippen LogP contribution in [0.3, 0.4) is 0 Å². The Balaban J connectivity index is 1.64. The standard InChI is InChI=1S/C17H19NO2/c1-18(17(19)11-9-14-6-4-12-20-14)16-10-8-13-5-2-3-7-15(13)16/h2-7,12,16H,8-11H2,1H3. The van der Waals surface area contributed by atoms with E-state index >= 15 is 0 Å². The maximum absolute atomic E-state index is 12.3. The summed E-state index contributed by atoms with van der Waals surface area (Å²) in [5.74, 6) is 1.06. The Labute approximate surface area is 119 Å². The second-order valence-electron chi connectivity index (χ2n) is 5.34. The smallest absolute Gasteiger partial charge is 0.223 e. The molecule has 3 rings (SSSR count). The Morgan fingerprint density at radius 2 is 2.15 bits per heavy atom. The van der Waals surface area contributed by atoms with Crippen LogP contribution in [-0.4, -0.2) is 17.9 Å². The molecule has 0 fully saturated rings. The van der Waals surface area contributed by atoms with Gasteiger partial charge >= 0.3 is 0 Å². The number of aryl methyl sites for hydroxylation is 2. The van der Waals surface area contributed by atoms with Gasteiger partial charge in [-0.3, -0.25) is 4.79 Å². The predicted octanol–water partition coefficient (Wildman–Crippen LogP) is 3.36. The van der Waals surface area contributed by atoms with Crippen LogP contribution >= 0.6 is 0 Å². The average Bonchev–Trinajstić information content (AvgIpc) is 3.13. The van der Waals surface area contributed by atoms with E-state index in [1.165, 1.54) is 11.1 Å². The summed E-state index contributed by atoms with van der Waals surface area (Å²) in [7, 11) is 1.91. The van der Waals surface area contributed by atoms with Crippen LogP contribution < -0.4 is 0 Å². The summed E-state index contributed by atoms with van der Waals surface area (Å²) in [5.41, 5.74) is 2.68. The minimum absolute atomic E-state index is 0.183. The number of carbonyl (C=O) groups excluding carboxylic acids is 1. The van der Waals surface area contributed by atoms with Crippen LogP contribution in [-0.2, 0) is 17.6 Å². The van der Waals surface area contributed by atoms with Gasteiger partial charge in [-0.1, -0.05) is 24.3 Å². The second-order valence-corrected chi connectivity index (χ2v) is 5.34. The van der Waals surface area contributed by atoms with E-state index in [4.69, 9.17) is 4.42 Å². The van der Waals surface area contributed by atoms with Crippen molar-refractivity contribution in [1.82, 2.24) is 4.90 Å². The topological polar surface area (TPSA) is 33.5 Å². The van der Waals surface area contributed by atoms with E-state index in [9.17, 15) is 4.79 Å². The molecule has 0 N–H and O–H groups in total. The molecule has 0 spiro atoms. The zero-order chi connectivity index (χ0) is 13.9. The van der Waals surface area contributed by atoms with Gasteiger partial charge in [-0.25, -0.2) is 0 Å². The molecule has 0 radical (unpaired) electrons. The molecule has 3 nitrogen and oxygen atoms in total. The van der Waals surface area contributed by atoms with Crippen LogP contribution in [0.25, 0.3) is 0 Å². The fraction of sp³-hybridized carbons (Fsp3) is 0.353. The molecule has 3 heteroatoms. The van der Waals surface area contributed by atoms with Gasteiger partial charge < -0.3 is 9.32 Å². The van der Waals surface area contributed by atoms with Gasteiger partial charge in [0.2, 0.25) is 5.91 Å². The fourth-order valence-electron chi connectivity index (χ4n) is 2.97. The van der Waals surface area contributed by atoms with Crippen molar-refractivity contribution in [2.75, 3.05) is 7.05 Å². The molecule has 2 aromatic rings. The summed E-state index contributed by atoms with van der Waals surface area (Å²) in [6.45, 7) is 0. The highest BCUT2D eigenvalue weighted by Crippen LogP contribution is 2.35. The van der Waals surface area contributed by atoms with Crippen molar-refractivity contribution in [3.63, 3.8) is 0 Å². The Bertz CT molecular complexity index is 589. The lowest BCUT2D eigenvalue weighted by atomic mass is 10.1. The molecule has 0 bridgehead atoms. The quantitative estimate of drug-likeness (QED) is 0.852. The molecule has 1 aliphatic carbocycles. The van der Waals surface area contributed by atoms with Gasteiger partial charge in [0.25, 0.3) is 0 Å². The molecule has 1 atom stereocenters. The first-order valence-electron chi connectivity index (χ1n) is 7.11. The number of hydrogen-bond acceptors (Lipinski definition) is 2. The molecular formula is C17H19NO2. The van der Waals surface area contributed by atoms with Gasteiger partial charge in [0.15, 0.2) is 0 Å². The summed E-state index contributed by atoms with van der Waals surface area (Å²) in [5, 5.41) is 0. The number of furan rings is 1. The molecule has 0 saturated heterocycles. The number of benzene rings is 1. The molecule has 104 valence electrons. The molecule has 0 aliphatic heterocycles. The minimum atomic E-state index is 0.183. The van der Waals surface area contributed by atoms with Crippen molar-refractivity contribution in [3.05, 3.63) is 59.5 Å². The number of hydrogen-bond donors (Lipinski definition) is 0. The van der Waals surface area contributed by atoms with E-state index in [0.717, 1.165) is 18.6 Å². The van der Waals surface area contributed by atoms with E-state index < -0.39 is 0 Å². The summed E-state index contributed by atoms with van der Waals surface area (Å²) in [4.78, 5) is 14.2. The zero-order valence-electron chi connectivity index (χ0n) is 11.7. The molecular weight excluding hydrogens is 250 g/mol. The van der Waals surface area contributed by atoms with Crippen LogP contribution in [0, 0.1) is 0 Å². The van der Waals surface area contributed by atoms with Crippen molar-refractivity contribution < 1.29 is 9.21 Å². The maximum atomic E-state index is 12.3. The zero-order valence-corrected chi connectivity index (χ0v) is 11.7. The number of rotatable bonds is 4. The molecule has 1 heterocycles. The normalized spacial score (nSPS) is 16.9. The highest BCUT2D eigenvalue weighted by molar-refractivity contribution is 5.76. The van der Waals surface area contributed by atoms with Crippen molar-refractivity contribution >= 4 is 5.91 Å². The van der Waals surface area contributed by atoms with E-state index in [-0.39, 0.29) is 11.9 Å². The Hall–Kier alpha value is -2.03. The first-order valence-corrected chi connectivity index (χ1v) is 7.11. The van der Waals surface area contributed by atoms with Gasteiger partial charge in [-0.15, -0.1) is 0 Å². The third-order valence-corrected chi connectivity index (χ3v) is 4.13. The molecule has 0 saturated carbocycles. The lowest BCUT2D eigenvalue weighted by molar-refractivity contribution is -0.132. The summed E-state index contributed by atoms with van der Waals surface area (Å²) >= 11 is 0. The van der Waals surface area contributed by atoms with Crippen LogP contribution in [0.5, 0.6) is 0 Å². The molecule has 1 unspecified atom stereocenters. The van der Waals surface area contributed by atoms with Gasteiger partial charge in [0.05, 0.1) is 12.3 Å². The lowest BCUT2D eigenvalue weighted by Crippen LogP contribution is -2.30. The van der Waals surface area contributed by atoms with Crippen molar-refractivity contribution in [1.29, 1.82) is 0 Å². The van der Waals surface area contributed by atoms with Gasteiger partial charge in [0, 0.05) is 19.9 Å². The Morgan fingerprint density at radius 1 is 1.30 bits per heavy atom. The van der Waals surface area contributed by atoms with Crippen LogP contribution in [0.15, 0.2) is 47.1 Å². The maximum Gasteiger partial charge on any atom is 0.223 e. The molecule has 1 aliphatic rings. The number of fused-ring (bicyclic) bond motifs is 1. The van der Waals surface area contributed by atoms with E-state index in [0.29, 0.717) is 12.8 Å². The number of carbonyl (C=O) groups is 1. The summed E-state index contributed by atoms with van der Waals surface area (Å²) in [6, 6.07) is 12.4. The van der Waals surface area contributed by atoms with Crippen LogP contribution in [0.1, 0.15) is 35.8 Å². The van der Waals surface area contributed by atoms with Gasteiger partial charge in [0.1, 0.15) is 5.76 Å². The van der Waals surface area contributed by atoms with Crippen molar-refractivity contribution in [2.45, 2.75) is 31.7 Å². The minimum Gasteiger partial charge on any atom is -0.469 e. The largest absolute Gasteiger partial charge is 0.469 e. The van der Waals surface area contributed by atoms with E-state index in [1.807, 2.05) is 24.1 Å². The Morgan fingerprint density at radius 3 is 2.95 bits per heavy atom. The van der Waals surface area contributed by atoms with E-state index in [2.05, 4.69) is 24.3 Å².